The molecule has 3 saturated heterocycles. The number of nitrogens with one attached hydrogen (secondary N) is 2. The molecule has 1 aromatic heterocycles. The predicted octanol–water partition coefficient (Wildman–Crippen LogP) is 2.61. The van der Waals surface area contributed by atoms with Gasteiger partial charge in [0.1, 0.15) is 5.69 Å². The number of fused-ring (bicyclic) bond motifs is 4. The molecule has 3 aliphatic rings. The van der Waals surface area contributed by atoms with Gasteiger partial charge in [-0.1, -0.05) is 11.6 Å². The summed E-state index contributed by atoms with van der Waals surface area (Å²) in [7, 11) is 0. The molecule has 1 amide bonds. The minimum absolute atomic E-state index is 0.0464. The lowest BCUT2D eigenvalue weighted by atomic mass is 9.84. The zero-order valence-electron chi connectivity index (χ0n) is 13.3. The molecule has 4 heterocycles. The molecule has 2 bridgehead atoms. The molecule has 1 atom stereocenters. The molecule has 0 spiro atoms. The fourth-order valence-corrected chi connectivity index (χ4v) is 4.04. The summed E-state index contributed by atoms with van der Waals surface area (Å²) in [6, 6.07) is 6.59. The average molecular weight is 297 g/mol. The molecular formula is C18H23N3O. The molecule has 1 aromatic carbocycles. The number of hydrogen-bond acceptors (Lipinski definition) is 2. The number of H-pyrrole nitrogens is 1. The maximum Gasteiger partial charge on any atom is 0.268 e. The van der Waals surface area contributed by atoms with Crippen molar-refractivity contribution in [2.24, 2.45) is 5.92 Å². The number of benzene rings is 1. The highest BCUT2D eigenvalue weighted by Crippen LogP contribution is 2.28. The third-order valence-electron chi connectivity index (χ3n) is 5.41. The lowest BCUT2D eigenvalue weighted by molar-refractivity contribution is 0.0618. The highest BCUT2D eigenvalue weighted by Gasteiger charge is 2.35. The van der Waals surface area contributed by atoms with Crippen LogP contribution in [0.2, 0.25) is 0 Å². The Bertz CT molecular complexity index is 725. The lowest BCUT2D eigenvalue weighted by Gasteiger charge is -2.44. The predicted molar refractivity (Wildman–Crippen MR) is 88.2 cm³/mol. The van der Waals surface area contributed by atoms with Gasteiger partial charge in [-0.25, -0.2) is 0 Å². The molecule has 3 aliphatic heterocycles. The molecule has 0 aliphatic carbocycles. The molecule has 0 unspecified atom stereocenters. The topological polar surface area (TPSA) is 48.1 Å². The quantitative estimate of drug-likeness (QED) is 0.895. The van der Waals surface area contributed by atoms with Crippen molar-refractivity contribution in [3.8, 4) is 0 Å². The van der Waals surface area contributed by atoms with Crippen molar-refractivity contribution in [3.05, 3.63) is 35.0 Å². The number of aryl methyl sites for hydroxylation is 2. The Morgan fingerprint density at radius 1 is 1.27 bits per heavy atom. The van der Waals surface area contributed by atoms with E-state index in [1.54, 1.807) is 0 Å². The molecule has 22 heavy (non-hydrogen) atoms. The van der Waals surface area contributed by atoms with Crippen LogP contribution < -0.4 is 5.32 Å². The van der Waals surface area contributed by atoms with Crippen molar-refractivity contribution in [2.75, 3.05) is 19.6 Å². The number of aromatic nitrogens is 1. The van der Waals surface area contributed by atoms with E-state index in [4.69, 9.17) is 0 Å². The Hall–Kier alpha value is -1.81. The van der Waals surface area contributed by atoms with E-state index in [2.05, 4.69) is 40.3 Å². The molecule has 3 fully saturated rings. The van der Waals surface area contributed by atoms with Crippen LogP contribution in [0, 0.1) is 19.8 Å². The number of piperidine rings is 3. The SMILES string of the molecule is Cc1ccc2[nH]c(C(=O)N[C@H]3CN4CCC3CC4)c(C)c2c1. The van der Waals surface area contributed by atoms with E-state index in [0.717, 1.165) is 28.7 Å². The zero-order valence-corrected chi connectivity index (χ0v) is 13.3. The van der Waals surface area contributed by atoms with Crippen molar-refractivity contribution in [1.82, 2.24) is 15.2 Å². The van der Waals surface area contributed by atoms with Gasteiger partial charge >= 0.3 is 0 Å². The molecule has 4 heteroatoms. The first-order chi connectivity index (χ1) is 10.6. The Labute approximate surface area is 130 Å². The fraction of sp³-hybridized carbons (Fsp3) is 0.500. The Kier molecular flexibility index (Phi) is 3.22. The number of aromatic amines is 1. The van der Waals surface area contributed by atoms with Gasteiger partial charge in [0.05, 0.1) is 0 Å². The second-order valence-corrected chi connectivity index (χ2v) is 6.89. The molecule has 0 radical (unpaired) electrons. The van der Waals surface area contributed by atoms with Crippen LogP contribution >= 0.6 is 0 Å². The summed E-state index contributed by atoms with van der Waals surface area (Å²) in [5.41, 5.74) is 4.04. The van der Waals surface area contributed by atoms with Crippen LogP contribution in [-0.4, -0.2) is 41.5 Å². The van der Waals surface area contributed by atoms with Gasteiger partial charge in [0.2, 0.25) is 0 Å². The number of rotatable bonds is 2. The minimum Gasteiger partial charge on any atom is -0.350 e. The van der Waals surface area contributed by atoms with Gasteiger partial charge in [-0.3, -0.25) is 4.79 Å². The fourth-order valence-electron chi connectivity index (χ4n) is 4.04. The summed E-state index contributed by atoms with van der Waals surface area (Å²) >= 11 is 0. The van der Waals surface area contributed by atoms with E-state index in [1.807, 2.05) is 6.92 Å². The number of amides is 1. The first-order valence-electron chi connectivity index (χ1n) is 8.24. The van der Waals surface area contributed by atoms with Crippen LogP contribution in [0.25, 0.3) is 10.9 Å². The molecule has 116 valence electrons. The molecular weight excluding hydrogens is 274 g/mol. The summed E-state index contributed by atoms with van der Waals surface area (Å²) in [5.74, 6) is 0.700. The summed E-state index contributed by atoms with van der Waals surface area (Å²) in [6.45, 7) is 7.51. The average Bonchev–Trinajstić information content (AvgIpc) is 2.85. The Balaban J connectivity index is 1.59. The summed E-state index contributed by atoms with van der Waals surface area (Å²) in [6.07, 6.45) is 2.44. The van der Waals surface area contributed by atoms with Crippen molar-refractivity contribution in [1.29, 1.82) is 0 Å². The molecule has 0 saturated carbocycles. The van der Waals surface area contributed by atoms with E-state index in [1.165, 1.54) is 31.5 Å². The third-order valence-corrected chi connectivity index (χ3v) is 5.41. The lowest BCUT2D eigenvalue weighted by Crippen LogP contribution is -2.57. The summed E-state index contributed by atoms with van der Waals surface area (Å²) in [4.78, 5) is 18.5. The first kappa shape index (κ1) is 13.8. The minimum atomic E-state index is 0.0464. The smallest absolute Gasteiger partial charge is 0.268 e. The standard InChI is InChI=1S/C18H23N3O/c1-11-3-4-15-14(9-11)12(2)17(19-15)18(22)20-16-10-21-7-5-13(16)6-8-21/h3-4,9,13,16,19H,5-8,10H2,1-2H3,(H,20,22)/t16-/m0/s1. The number of hydrogen-bond donors (Lipinski definition) is 2. The van der Waals surface area contributed by atoms with Gasteiger partial charge < -0.3 is 15.2 Å². The highest BCUT2D eigenvalue weighted by molar-refractivity contribution is 6.01. The van der Waals surface area contributed by atoms with Crippen LogP contribution in [0.4, 0.5) is 0 Å². The van der Waals surface area contributed by atoms with Crippen LogP contribution in [-0.2, 0) is 0 Å². The maximum absolute atomic E-state index is 12.7. The normalized spacial score (nSPS) is 27.3. The molecule has 2 N–H and O–H groups in total. The molecule has 2 aromatic rings. The van der Waals surface area contributed by atoms with Gasteiger partial charge in [0.15, 0.2) is 0 Å². The van der Waals surface area contributed by atoms with Crippen molar-refractivity contribution in [2.45, 2.75) is 32.7 Å². The second-order valence-electron chi connectivity index (χ2n) is 6.89. The van der Waals surface area contributed by atoms with Crippen molar-refractivity contribution < 1.29 is 4.79 Å². The van der Waals surface area contributed by atoms with Crippen LogP contribution in [0.15, 0.2) is 18.2 Å². The highest BCUT2D eigenvalue weighted by atomic mass is 16.2. The van der Waals surface area contributed by atoms with Gasteiger partial charge in [-0.2, -0.15) is 0 Å². The monoisotopic (exact) mass is 297 g/mol. The summed E-state index contributed by atoms with van der Waals surface area (Å²) < 4.78 is 0. The number of carbonyl (C=O) groups is 1. The van der Waals surface area contributed by atoms with E-state index < -0.39 is 0 Å². The van der Waals surface area contributed by atoms with E-state index >= 15 is 0 Å². The Morgan fingerprint density at radius 3 is 2.73 bits per heavy atom. The van der Waals surface area contributed by atoms with E-state index in [-0.39, 0.29) is 5.91 Å². The zero-order chi connectivity index (χ0) is 15.3. The second kappa shape index (κ2) is 5.13. The van der Waals surface area contributed by atoms with E-state index in [0.29, 0.717) is 12.0 Å². The van der Waals surface area contributed by atoms with Crippen LogP contribution in [0.5, 0.6) is 0 Å². The summed E-state index contributed by atoms with van der Waals surface area (Å²) in [5, 5.41) is 4.42. The van der Waals surface area contributed by atoms with E-state index in [9.17, 15) is 4.79 Å². The number of nitrogens with zero attached hydrogens (tertiary/aromatic N) is 1. The maximum atomic E-state index is 12.7. The van der Waals surface area contributed by atoms with Crippen LogP contribution in [0.1, 0.15) is 34.5 Å². The molecule has 5 rings (SSSR count). The van der Waals surface area contributed by atoms with Gasteiger partial charge in [0, 0.05) is 23.5 Å². The van der Waals surface area contributed by atoms with Crippen LogP contribution in [0.3, 0.4) is 0 Å². The Morgan fingerprint density at radius 2 is 2.05 bits per heavy atom. The van der Waals surface area contributed by atoms with Crippen molar-refractivity contribution in [3.63, 3.8) is 0 Å². The third kappa shape index (κ3) is 2.22. The van der Waals surface area contributed by atoms with Gasteiger partial charge in [0.25, 0.3) is 5.91 Å². The molecule has 4 nitrogen and oxygen atoms in total. The van der Waals surface area contributed by atoms with Crippen molar-refractivity contribution >= 4 is 16.8 Å². The first-order valence-corrected chi connectivity index (χ1v) is 8.24. The van der Waals surface area contributed by atoms with Gasteiger partial charge in [-0.05, 0) is 63.4 Å². The van der Waals surface area contributed by atoms with Gasteiger partial charge in [-0.15, -0.1) is 0 Å². The largest absolute Gasteiger partial charge is 0.350 e. The number of carbonyl (C=O) groups excluding carboxylic acids is 1.